The minimum atomic E-state index is -1.17. The van der Waals surface area contributed by atoms with Gasteiger partial charge in [-0.15, -0.1) is 0 Å². The molecule has 0 spiro atoms. The third-order valence-electron chi connectivity index (χ3n) is 2.17. The molecule has 0 unspecified atom stereocenters. The molecule has 0 aromatic heterocycles. The molecule has 0 saturated carbocycles. The normalized spacial score (nSPS) is 12.8. The Morgan fingerprint density at radius 1 is 0.947 bits per heavy atom. The molecule has 0 aliphatic heterocycles. The maximum absolute atomic E-state index is 10.1. The fourth-order valence-corrected chi connectivity index (χ4v) is 0.950. The summed E-state index contributed by atoms with van der Waals surface area (Å²) in [6.07, 6.45) is 2.26. The Morgan fingerprint density at radius 3 is 1.68 bits per heavy atom. The van der Waals surface area contributed by atoms with Gasteiger partial charge in [0, 0.05) is 6.42 Å². The molecule has 0 amide bonds. The van der Waals surface area contributed by atoms with Crippen molar-refractivity contribution in [2.45, 2.75) is 51.1 Å². The number of rotatable bonds is 8. The van der Waals surface area contributed by atoms with Gasteiger partial charge >= 0.3 is 17.9 Å². The summed E-state index contributed by atoms with van der Waals surface area (Å²) >= 11 is 0. The molecule has 0 radical (unpaired) electrons. The van der Waals surface area contributed by atoms with Crippen LogP contribution < -0.4 is 11.5 Å². The second-order valence-corrected chi connectivity index (χ2v) is 3.96. The van der Waals surface area contributed by atoms with Crippen molar-refractivity contribution in [2.24, 2.45) is 11.5 Å². The number of carbonyl (C=O) groups is 3. The molecular weight excluding hydrogens is 256 g/mol. The monoisotopic (exact) mass is 278 g/mol. The lowest BCUT2D eigenvalue weighted by Crippen LogP contribution is -2.30. The molecule has 0 heterocycles. The summed E-state index contributed by atoms with van der Waals surface area (Å²) in [5.74, 6) is -3.10. The van der Waals surface area contributed by atoms with Crippen LogP contribution in [0.25, 0.3) is 0 Å². The molecule has 0 aromatic rings. The Balaban J connectivity index is 0. The van der Waals surface area contributed by atoms with E-state index >= 15 is 0 Å². The van der Waals surface area contributed by atoms with Gasteiger partial charge in [0.25, 0.3) is 0 Å². The number of unbranched alkanes of at least 4 members (excludes halogenated alkanes) is 1. The fourth-order valence-electron chi connectivity index (χ4n) is 0.950. The van der Waals surface area contributed by atoms with Crippen LogP contribution in [0.4, 0.5) is 0 Å². The first kappa shape index (κ1) is 19.7. The van der Waals surface area contributed by atoms with Gasteiger partial charge < -0.3 is 26.8 Å². The summed E-state index contributed by atoms with van der Waals surface area (Å²) in [5, 5.41) is 24.6. The minimum absolute atomic E-state index is 0.0231. The van der Waals surface area contributed by atoms with E-state index in [1.807, 2.05) is 6.92 Å². The zero-order valence-corrected chi connectivity index (χ0v) is 10.9. The highest BCUT2D eigenvalue weighted by Crippen LogP contribution is 1.97. The van der Waals surface area contributed by atoms with Gasteiger partial charge in [-0.25, -0.2) is 0 Å². The average Bonchev–Trinajstić information content (AvgIpc) is 2.33. The molecule has 112 valence electrons. The second-order valence-electron chi connectivity index (χ2n) is 3.96. The van der Waals surface area contributed by atoms with Crippen molar-refractivity contribution in [3.63, 3.8) is 0 Å². The number of hydrogen-bond donors (Lipinski definition) is 5. The standard InChI is InChI=1S/C6H13NO2.C5H9NO4/c1-2-3-4-5(7)6(8)9;6-3(5(9)10)1-2-4(7)8/h5H,2-4,7H2,1H3,(H,8,9);3H,1-2,6H2,(H,7,8)(H,9,10)/t5-;3-/m10/s1. The SMILES string of the molecule is CCCC[C@@H](N)C(=O)O.N[C@@H](CCC(=O)O)C(=O)O. The van der Waals surface area contributed by atoms with Gasteiger partial charge in [0.15, 0.2) is 0 Å². The van der Waals surface area contributed by atoms with Crippen molar-refractivity contribution >= 4 is 17.9 Å². The van der Waals surface area contributed by atoms with Gasteiger partial charge in [-0.2, -0.15) is 0 Å². The van der Waals surface area contributed by atoms with E-state index < -0.39 is 30.0 Å². The largest absolute Gasteiger partial charge is 0.481 e. The van der Waals surface area contributed by atoms with Crippen LogP contribution in [0.5, 0.6) is 0 Å². The van der Waals surface area contributed by atoms with E-state index in [4.69, 9.17) is 26.8 Å². The maximum Gasteiger partial charge on any atom is 0.320 e. The molecule has 19 heavy (non-hydrogen) atoms. The highest BCUT2D eigenvalue weighted by Gasteiger charge is 2.12. The predicted molar refractivity (Wildman–Crippen MR) is 67.6 cm³/mol. The number of carboxylic acid groups (broad SMARTS) is 3. The van der Waals surface area contributed by atoms with E-state index in [0.717, 1.165) is 12.8 Å². The smallest absolute Gasteiger partial charge is 0.320 e. The van der Waals surface area contributed by atoms with Crippen LogP contribution in [0.15, 0.2) is 0 Å². The Morgan fingerprint density at radius 2 is 1.37 bits per heavy atom. The average molecular weight is 278 g/mol. The quantitative estimate of drug-likeness (QED) is 0.409. The molecule has 8 heteroatoms. The lowest BCUT2D eigenvalue weighted by molar-refractivity contribution is -0.140. The highest BCUT2D eigenvalue weighted by molar-refractivity contribution is 5.74. The van der Waals surface area contributed by atoms with Crippen LogP contribution in [0.1, 0.15) is 39.0 Å². The lowest BCUT2D eigenvalue weighted by atomic mass is 10.1. The summed E-state index contributed by atoms with van der Waals surface area (Å²) in [6.45, 7) is 2.01. The first-order chi connectivity index (χ1) is 8.72. The summed E-state index contributed by atoms with van der Waals surface area (Å²) in [4.78, 5) is 30.0. The van der Waals surface area contributed by atoms with E-state index in [-0.39, 0.29) is 12.8 Å². The van der Waals surface area contributed by atoms with Gasteiger partial charge in [0.1, 0.15) is 12.1 Å². The minimum Gasteiger partial charge on any atom is -0.481 e. The van der Waals surface area contributed by atoms with E-state index in [9.17, 15) is 14.4 Å². The number of hydrogen-bond acceptors (Lipinski definition) is 5. The molecule has 0 rings (SSSR count). The van der Waals surface area contributed by atoms with Gasteiger partial charge in [0.05, 0.1) is 0 Å². The summed E-state index contributed by atoms with van der Waals surface area (Å²) < 4.78 is 0. The van der Waals surface area contributed by atoms with Crippen molar-refractivity contribution in [1.29, 1.82) is 0 Å². The topological polar surface area (TPSA) is 164 Å². The van der Waals surface area contributed by atoms with E-state index in [1.54, 1.807) is 0 Å². The summed E-state index contributed by atoms with van der Waals surface area (Å²) in [5.41, 5.74) is 10.2. The van der Waals surface area contributed by atoms with Crippen LogP contribution in [0.3, 0.4) is 0 Å². The molecule has 0 bridgehead atoms. The molecule has 0 aromatic carbocycles. The van der Waals surface area contributed by atoms with Gasteiger partial charge in [-0.1, -0.05) is 19.8 Å². The van der Waals surface area contributed by atoms with Crippen LogP contribution in [-0.4, -0.2) is 45.3 Å². The number of carboxylic acids is 3. The number of aliphatic carboxylic acids is 3. The molecule has 8 nitrogen and oxygen atoms in total. The molecule has 0 saturated heterocycles. The second kappa shape index (κ2) is 11.4. The van der Waals surface area contributed by atoms with Crippen molar-refractivity contribution in [3.8, 4) is 0 Å². The zero-order valence-electron chi connectivity index (χ0n) is 10.9. The maximum atomic E-state index is 10.1. The molecule has 7 N–H and O–H groups in total. The Hall–Kier alpha value is -1.67. The van der Waals surface area contributed by atoms with Crippen molar-refractivity contribution in [2.75, 3.05) is 0 Å². The summed E-state index contributed by atoms with van der Waals surface area (Å²) in [7, 11) is 0. The summed E-state index contributed by atoms with van der Waals surface area (Å²) in [6, 6.07) is -1.72. The van der Waals surface area contributed by atoms with E-state index in [2.05, 4.69) is 0 Å². The Labute approximate surface area is 111 Å². The molecule has 0 aliphatic carbocycles. The van der Waals surface area contributed by atoms with Crippen molar-refractivity contribution in [1.82, 2.24) is 0 Å². The van der Waals surface area contributed by atoms with Crippen LogP contribution in [-0.2, 0) is 14.4 Å². The van der Waals surface area contributed by atoms with Crippen molar-refractivity contribution in [3.05, 3.63) is 0 Å². The fraction of sp³-hybridized carbons (Fsp3) is 0.727. The Kier molecular flexibility index (Phi) is 11.8. The molecule has 0 aliphatic rings. The zero-order chi connectivity index (χ0) is 15.4. The van der Waals surface area contributed by atoms with Crippen LogP contribution in [0, 0.1) is 0 Å². The third-order valence-corrected chi connectivity index (χ3v) is 2.17. The van der Waals surface area contributed by atoms with Gasteiger partial charge in [0.2, 0.25) is 0 Å². The third kappa shape index (κ3) is 14.3. The predicted octanol–water partition coefficient (Wildman–Crippen LogP) is -0.148. The van der Waals surface area contributed by atoms with Crippen LogP contribution in [0.2, 0.25) is 0 Å². The molecule has 0 fully saturated rings. The highest BCUT2D eigenvalue weighted by atomic mass is 16.4. The van der Waals surface area contributed by atoms with Gasteiger partial charge in [-0.3, -0.25) is 14.4 Å². The van der Waals surface area contributed by atoms with Gasteiger partial charge in [-0.05, 0) is 12.8 Å². The first-order valence-corrected chi connectivity index (χ1v) is 5.90. The van der Waals surface area contributed by atoms with Crippen LogP contribution >= 0.6 is 0 Å². The van der Waals surface area contributed by atoms with Crippen molar-refractivity contribution < 1.29 is 29.7 Å². The lowest BCUT2D eigenvalue weighted by Gasteiger charge is -2.02. The Bertz CT molecular complexity index is 295. The van der Waals surface area contributed by atoms with E-state index in [1.165, 1.54) is 0 Å². The number of nitrogens with two attached hydrogens (primary N) is 2. The molecular formula is C11H22N2O6. The first-order valence-electron chi connectivity index (χ1n) is 5.90. The van der Waals surface area contributed by atoms with E-state index in [0.29, 0.717) is 6.42 Å². The molecule has 2 atom stereocenters.